The lowest BCUT2D eigenvalue weighted by molar-refractivity contribution is -0.134. The average Bonchev–Trinajstić information content (AvgIpc) is 3.56. The van der Waals surface area contributed by atoms with E-state index in [0.717, 1.165) is 95.1 Å². The molecule has 4 heterocycles. The third-order valence-corrected chi connectivity index (χ3v) is 11.8. The van der Waals surface area contributed by atoms with E-state index in [1.165, 1.54) is 0 Å². The number of nitrogens with zero attached hydrogens (tertiary/aromatic N) is 6. The van der Waals surface area contributed by atoms with E-state index in [0.29, 0.717) is 55.6 Å². The molecule has 2 aliphatic rings. The van der Waals surface area contributed by atoms with Crippen LogP contribution in [0.4, 0.5) is 11.5 Å². The van der Waals surface area contributed by atoms with Gasteiger partial charge in [0.05, 0.1) is 54.6 Å². The quantitative estimate of drug-likeness (QED) is 0.0662. The molecule has 0 spiro atoms. The number of carbonyl (C=O) groups is 3. The fraction of sp³-hybridized carbons (Fsp3) is 0.455. The molecule has 7 rings (SSSR count). The second-order valence-corrected chi connectivity index (χ2v) is 16.4. The number of hydrogen-bond donors (Lipinski definition) is 3. The summed E-state index contributed by atoms with van der Waals surface area (Å²) >= 11 is 3.57. The monoisotopic (exact) mass is 867 g/mol. The zero-order valence-corrected chi connectivity index (χ0v) is 35.9. The number of halogens is 1. The standard InChI is InChI=1S/C44H54BrN9O5/c1-28(30-12-10-13-31(45)24-30)47-43-34-25-37(58-4)38(26-36(34)48-29(2)49-43)59-23-9-7-5-6-8-18-53-19-21-54(22-20-53)40(56)27-46-35-15-11-14-32-41(51-52(3)42(32)35)33-16-17-39(55)50-44(33)57/h10-15,24-26,28,33,46H,5-9,16-23,27H2,1-4H3,(H,47,48,49)(H,50,55,57)/t28-,33?/m1/s1. The molecule has 2 fully saturated rings. The molecule has 3 aromatic carbocycles. The first-order valence-corrected chi connectivity index (χ1v) is 21.4. The molecule has 14 nitrogen and oxygen atoms in total. The van der Waals surface area contributed by atoms with Crippen LogP contribution in [0.25, 0.3) is 21.8 Å². The fourth-order valence-electron chi connectivity index (χ4n) is 8.07. The lowest BCUT2D eigenvalue weighted by Gasteiger charge is -2.34. The van der Waals surface area contributed by atoms with E-state index in [1.807, 2.05) is 61.3 Å². The Morgan fingerprint density at radius 1 is 0.966 bits per heavy atom. The SMILES string of the molecule is COc1cc2c(N[C@H](C)c3cccc(Br)c3)nc(C)nc2cc1OCCCCCCCN1CCN(C(=O)CNc2cccc3c(C4CCC(=O)NC4=O)nn(C)c23)CC1. The van der Waals surface area contributed by atoms with Gasteiger partial charge in [0, 0.05) is 61.0 Å². The molecule has 5 aromatic rings. The van der Waals surface area contributed by atoms with Crippen molar-refractivity contribution in [2.45, 2.75) is 70.8 Å². The Morgan fingerprint density at radius 3 is 2.53 bits per heavy atom. The third kappa shape index (κ3) is 10.1. The maximum absolute atomic E-state index is 13.2. The molecule has 0 saturated carbocycles. The summed E-state index contributed by atoms with van der Waals surface area (Å²) in [5, 5.41) is 15.7. The van der Waals surface area contributed by atoms with Gasteiger partial charge in [0.15, 0.2) is 11.5 Å². The first-order valence-electron chi connectivity index (χ1n) is 20.6. The van der Waals surface area contributed by atoms with Crippen LogP contribution < -0.4 is 25.4 Å². The van der Waals surface area contributed by atoms with E-state index >= 15 is 0 Å². The van der Waals surface area contributed by atoms with Crippen molar-refractivity contribution >= 4 is 67.0 Å². The lowest BCUT2D eigenvalue weighted by Crippen LogP contribution is -2.50. The van der Waals surface area contributed by atoms with Gasteiger partial charge in [-0.05, 0) is 69.5 Å². The largest absolute Gasteiger partial charge is 0.493 e. The van der Waals surface area contributed by atoms with Gasteiger partial charge in [-0.2, -0.15) is 5.10 Å². The maximum atomic E-state index is 13.2. The minimum atomic E-state index is -0.478. The van der Waals surface area contributed by atoms with E-state index in [1.54, 1.807) is 11.8 Å². The molecule has 312 valence electrons. The van der Waals surface area contributed by atoms with Gasteiger partial charge in [0.25, 0.3) is 0 Å². The van der Waals surface area contributed by atoms with Gasteiger partial charge < -0.3 is 25.0 Å². The highest BCUT2D eigenvalue weighted by atomic mass is 79.9. The Morgan fingerprint density at radius 2 is 1.75 bits per heavy atom. The number of aryl methyl sites for hydroxylation is 2. The summed E-state index contributed by atoms with van der Waals surface area (Å²) in [7, 11) is 3.49. The number of piperidine rings is 1. The van der Waals surface area contributed by atoms with Gasteiger partial charge in [-0.3, -0.25) is 29.3 Å². The highest BCUT2D eigenvalue weighted by Crippen LogP contribution is 2.36. The Kier molecular flexibility index (Phi) is 13.6. The van der Waals surface area contributed by atoms with E-state index in [9.17, 15) is 14.4 Å². The Labute approximate surface area is 353 Å². The summed E-state index contributed by atoms with van der Waals surface area (Å²) in [6.07, 6.45) is 6.17. The van der Waals surface area contributed by atoms with Crippen molar-refractivity contribution in [1.29, 1.82) is 0 Å². The van der Waals surface area contributed by atoms with E-state index in [4.69, 9.17) is 19.4 Å². The first-order chi connectivity index (χ1) is 28.6. The molecular weight excluding hydrogens is 814 g/mol. The van der Waals surface area contributed by atoms with Crippen LogP contribution >= 0.6 is 15.9 Å². The molecule has 0 bridgehead atoms. The number of aromatic nitrogens is 4. The highest BCUT2D eigenvalue weighted by molar-refractivity contribution is 9.10. The number of rotatable bonds is 17. The van der Waals surface area contributed by atoms with Gasteiger partial charge in [0.2, 0.25) is 17.7 Å². The number of benzene rings is 3. The molecule has 2 saturated heterocycles. The van der Waals surface area contributed by atoms with Crippen molar-refractivity contribution in [3.8, 4) is 11.5 Å². The van der Waals surface area contributed by atoms with Crippen molar-refractivity contribution < 1.29 is 23.9 Å². The summed E-state index contributed by atoms with van der Waals surface area (Å²) in [5.74, 6) is 1.80. The molecule has 59 heavy (non-hydrogen) atoms. The summed E-state index contributed by atoms with van der Waals surface area (Å²) in [6.45, 7) is 8.97. The Balaban J connectivity index is 0.804. The molecule has 2 atom stereocenters. The minimum absolute atomic E-state index is 0.0373. The van der Waals surface area contributed by atoms with Crippen molar-refractivity contribution in [3.63, 3.8) is 0 Å². The van der Waals surface area contributed by atoms with Crippen LogP contribution in [0, 0.1) is 6.92 Å². The summed E-state index contributed by atoms with van der Waals surface area (Å²) in [5.41, 5.74) is 4.23. The van der Waals surface area contributed by atoms with Crippen LogP contribution in [-0.2, 0) is 21.4 Å². The summed E-state index contributed by atoms with van der Waals surface area (Å²) in [6, 6.07) is 18.0. The number of imide groups is 1. The molecule has 15 heteroatoms. The highest BCUT2D eigenvalue weighted by Gasteiger charge is 2.32. The van der Waals surface area contributed by atoms with Crippen molar-refractivity contribution in [1.82, 2.24) is 34.9 Å². The molecule has 3 amide bonds. The van der Waals surface area contributed by atoms with Crippen molar-refractivity contribution in [2.75, 3.05) is 63.6 Å². The van der Waals surface area contributed by atoms with Crippen LogP contribution in [0.3, 0.4) is 0 Å². The average molecular weight is 869 g/mol. The van der Waals surface area contributed by atoms with Crippen molar-refractivity contribution in [3.05, 3.63) is 76.2 Å². The second kappa shape index (κ2) is 19.2. The topological polar surface area (TPSA) is 156 Å². The van der Waals surface area contributed by atoms with Crippen LogP contribution in [0.2, 0.25) is 0 Å². The van der Waals surface area contributed by atoms with Crippen molar-refractivity contribution in [2.24, 2.45) is 7.05 Å². The number of ether oxygens (including phenoxy) is 2. The second-order valence-electron chi connectivity index (χ2n) is 15.5. The van der Waals surface area contributed by atoms with Gasteiger partial charge in [-0.15, -0.1) is 0 Å². The number of carbonyl (C=O) groups excluding carboxylic acids is 3. The number of piperazine rings is 1. The smallest absolute Gasteiger partial charge is 0.241 e. The predicted octanol–water partition coefficient (Wildman–Crippen LogP) is 6.87. The molecule has 3 N–H and O–H groups in total. The number of amides is 3. The molecule has 2 aliphatic heterocycles. The zero-order chi connectivity index (χ0) is 41.5. The zero-order valence-electron chi connectivity index (χ0n) is 34.4. The Bertz CT molecular complexity index is 2310. The number of anilines is 2. The van der Waals surface area contributed by atoms with Gasteiger partial charge in [0.1, 0.15) is 11.6 Å². The fourth-order valence-corrected chi connectivity index (χ4v) is 8.49. The van der Waals surface area contributed by atoms with E-state index in [2.05, 4.69) is 60.9 Å². The number of unbranched alkanes of at least 4 members (excludes halogenated alkanes) is 4. The minimum Gasteiger partial charge on any atom is -0.493 e. The predicted molar refractivity (Wildman–Crippen MR) is 233 cm³/mol. The van der Waals surface area contributed by atoms with E-state index in [-0.39, 0.29) is 30.3 Å². The van der Waals surface area contributed by atoms with Gasteiger partial charge in [-0.25, -0.2) is 9.97 Å². The summed E-state index contributed by atoms with van der Waals surface area (Å²) < 4.78 is 14.7. The molecule has 0 aliphatic carbocycles. The van der Waals surface area contributed by atoms with Crippen LogP contribution in [0.1, 0.15) is 80.9 Å². The third-order valence-electron chi connectivity index (χ3n) is 11.3. The maximum Gasteiger partial charge on any atom is 0.241 e. The lowest BCUT2D eigenvalue weighted by atomic mass is 9.92. The van der Waals surface area contributed by atoms with Gasteiger partial charge in [-0.1, -0.05) is 59.5 Å². The number of hydrogen-bond acceptors (Lipinski definition) is 11. The molecule has 1 unspecified atom stereocenters. The van der Waals surface area contributed by atoms with Crippen LogP contribution in [0.15, 0.2) is 59.1 Å². The van der Waals surface area contributed by atoms with Crippen LogP contribution in [-0.4, -0.2) is 100 Å². The normalized spacial score (nSPS) is 16.6. The molecule has 2 aromatic heterocycles. The number of methoxy groups -OCH3 is 1. The molecular formula is C44H54BrN9O5. The van der Waals surface area contributed by atoms with Gasteiger partial charge >= 0.3 is 0 Å². The number of nitrogens with one attached hydrogen (secondary N) is 3. The molecule has 0 radical (unpaired) electrons. The first kappa shape index (κ1) is 41.9. The number of fused-ring (bicyclic) bond motifs is 2. The summed E-state index contributed by atoms with van der Waals surface area (Å²) in [4.78, 5) is 51.3. The Hall–Kier alpha value is -5.28. The number of para-hydroxylation sites is 1. The van der Waals surface area contributed by atoms with Crippen LogP contribution in [0.5, 0.6) is 11.5 Å². The van der Waals surface area contributed by atoms with E-state index < -0.39 is 5.92 Å².